The molecule has 0 bridgehead atoms. The third kappa shape index (κ3) is 1.50. The zero-order chi connectivity index (χ0) is 11.1. The number of hydrogen-bond acceptors (Lipinski definition) is 3. The van der Waals surface area contributed by atoms with Gasteiger partial charge in [0.15, 0.2) is 6.54 Å². The molecule has 0 saturated carbocycles. The summed E-state index contributed by atoms with van der Waals surface area (Å²) in [6.07, 6.45) is 9.30. The van der Waals surface area contributed by atoms with Gasteiger partial charge in [0.1, 0.15) is 6.17 Å². The van der Waals surface area contributed by atoms with Crippen molar-refractivity contribution in [2.24, 2.45) is 5.92 Å². The maximum absolute atomic E-state index is 11.4. The predicted molar refractivity (Wildman–Crippen MR) is 64.5 cm³/mol. The molecule has 3 rings (SSSR count). The van der Waals surface area contributed by atoms with E-state index in [-0.39, 0.29) is 6.17 Å². The van der Waals surface area contributed by atoms with E-state index in [9.17, 15) is 4.91 Å². The SMILES string of the molecule is O=[N+]1CCC2C(=CN(Br)C3NC=CC=C23)C1. The third-order valence-electron chi connectivity index (χ3n) is 3.37. The molecule has 0 radical (unpaired) electrons. The predicted octanol–water partition coefficient (Wildman–Crippen LogP) is 1.66. The zero-order valence-electron chi connectivity index (χ0n) is 8.77. The van der Waals surface area contributed by atoms with E-state index in [1.54, 1.807) is 0 Å². The van der Waals surface area contributed by atoms with E-state index >= 15 is 0 Å². The second-order valence-electron chi connectivity index (χ2n) is 4.35. The van der Waals surface area contributed by atoms with Crippen LogP contribution in [0.4, 0.5) is 0 Å². The number of nitroso groups, excluding NO2 is 1. The molecule has 2 atom stereocenters. The van der Waals surface area contributed by atoms with Crippen molar-refractivity contribution in [1.82, 2.24) is 9.24 Å². The van der Waals surface area contributed by atoms with Gasteiger partial charge in [-0.3, -0.25) is 3.93 Å². The van der Waals surface area contributed by atoms with E-state index in [0.29, 0.717) is 19.0 Å². The Hall–Kier alpha value is -1.10. The van der Waals surface area contributed by atoms with Crippen molar-refractivity contribution in [2.75, 3.05) is 13.1 Å². The van der Waals surface area contributed by atoms with E-state index in [1.807, 2.05) is 22.4 Å². The summed E-state index contributed by atoms with van der Waals surface area (Å²) in [5.74, 6) is 0.432. The van der Waals surface area contributed by atoms with Crippen LogP contribution in [-0.4, -0.2) is 27.9 Å². The fourth-order valence-electron chi connectivity index (χ4n) is 2.61. The smallest absolute Gasteiger partial charge is 0.215 e. The van der Waals surface area contributed by atoms with Gasteiger partial charge < -0.3 is 5.32 Å². The van der Waals surface area contributed by atoms with Crippen molar-refractivity contribution >= 4 is 16.1 Å². The summed E-state index contributed by atoms with van der Waals surface area (Å²) in [5, 5.41) is 3.31. The van der Waals surface area contributed by atoms with E-state index in [2.05, 4.69) is 27.5 Å². The minimum absolute atomic E-state index is 0.192. The molecule has 2 unspecified atom stereocenters. The number of nitrogens with zero attached hydrogens (tertiary/aromatic N) is 2. The lowest BCUT2D eigenvalue weighted by Gasteiger charge is -2.39. The minimum atomic E-state index is 0.192. The average molecular weight is 283 g/mol. The highest BCUT2D eigenvalue weighted by molar-refractivity contribution is 9.07. The van der Waals surface area contributed by atoms with Crippen LogP contribution >= 0.6 is 16.1 Å². The summed E-state index contributed by atoms with van der Waals surface area (Å²) in [4.78, 5) is 11.4. The van der Waals surface area contributed by atoms with Crippen LogP contribution in [0.15, 0.2) is 35.7 Å². The first-order valence-corrected chi connectivity index (χ1v) is 6.16. The normalized spacial score (nSPS) is 32.3. The topological polar surface area (TPSA) is 35.4 Å². The van der Waals surface area contributed by atoms with Gasteiger partial charge in [0.2, 0.25) is 6.54 Å². The number of nitrogens with one attached hydrogen (secondary N) is 1. The van der Waals surface area contributed by atoms with Crippen LogP contribution in [0.1, 0.15) is 6.42 Å². The molecular weight excluding hydrogens is 270 g/mol. The quantitative estimate of drug-likeness (QED) is 0.542. The van der Waals surface area contributed by atoms with Gasteiger partial charge in [0, 0.05) is 33.8 Å². The summed E-state index contributed by atoms with van der Waals surface area (Å²) < 4.78 is 3.10. The molecule has 4 nitrogen and oxygen atoms in total. The van der Waals surface area contributed by atoms with Crippen molar-refractivity contribution in [2.45, 2.75) is 12.6 Å². The number of hydrogen-bond donors (Lipinski definition) is 1. The van der Waals surface area contributed by atoms with Crippen molar-refractivity contribution in [3.8, 4) is 0 Å². The summed E-state index contributed by atoms with van der Waals surface area (Å²) in [6, 6.07) is 0. The van der Waals surface area contributed by atoms with Crippen LogP contribution < -0.4 is 5.32 Å². The Morgan fingerprint density at radius 2 is 2.44 bits per heavy atom. The fourth-order valence-corrected chi connectivity index (χ4v) is 3.23. The maximum atomic E-state index is 11.4. The van der Waals surface area contributed by atoms with Gasteiger partial charge in [-0.15, -0.1) is 0 Å². The minimum Gasteiger partial charge on any atom is -0.367 e. The standard InChI is InChI=1S/C11H13BrN3O/c12-15-7-8-6-14(16)5-3-9(8)10-2-1-4-13-11(10)15/h1-2,4,7,9,11,13H,3,5-6H2/q+1. The molecule has 1 fully saturated rings. The summed E-state index contributed by atoms with van der Waals surface area (Å²) in [5.41, 5.74) is 2.56. The molecule has 1 saturated heterocycles. The molecule has 0 aromatic carbocycles. The highest BCUT2D eigenvalue weighted by Crippen LogP contribution is 2.37. The lowest BCUT2D eigenvalue weighted by Crippen LogP contribution is -2.46. The van der Waals surface area contributed by atoms with Crippen LogP contribution in [0.3, 0.4) is 0 Å². The molecular formula is C11H13BrN3O+. The molecule has 3 aliphatic heterocycles. The van der Waals surface area contributed by atoms with Crippen LogP contribution in [0.5, 0.6) is 0 Å². The van der Waals surface area contributed by atoms with Gasteiger partial charge in [-0.05, 0) is 17.8 Å². The Bertz CT molecular complexity index is 427. The van der Waals surface area contributed by atoms with E-state index in [1.165, 1.54) is 11.1 Å². The van der Waals surface area contributed by atoms with E-state index in [0.717, 1.165) is 11.2 Å². The van der Waals surface area contributed by atoms with Gasteiger partial charge in [-0.2, -0.15) is 0 Å². The summed E-state index contributed by atoms with van der Waals surface area (Å²) in [6.45, 7) is 1.17. The van der Waals surface area contributed by atoms with Crippen LogP contribution in [0, 0.1) is 10.8 Å². The third-order valence-corrected chi connectivity index (χ3v) is 3.98. The first-order valence-electron chi connectivity index (χ1n) is 5.45. The van der Waals surface area contributed by atoms with E-state index < -0.39 is 0 Å². The lowest BCUT2D eigenvalue weighted by molar-refractivity contribution is -0.549. The number of halogens is 1. The highest BCUT2D eigenvalue weighted by atomic mass is 79.9. The second kappa shape index (κ2) is 3.73. The maximum Gasteiger partial charge on any atom is 0.215 e. The molecule has 84 valence electrons. The van der Waals surface area contributed by atoms with Crippen molar-refractivity contribution in [3.63, 3.8) is 0 Å². The first-order chi connectivity index (χ1) is 7.75. The molecule has 0 amide bonds. The summed E-state index contributed by atoms with van der Waals surface area (Å²) in [7, 11) is 0. The van der Waals surface area contributed by atoms with Crippen LogP contribution in [-0.2, 0) is 0 Å². The molecule has 16 heavy (non-hydrogen) atoms. The highest BCUT2D eigenvalue weighted by Gasteiger charge is 2.39. The van der Waals surface area contributed by atoms with Crippen molar-refractivity contribution in [1.29, 1.82) is 0 Å². The van der Waals surface area contributed by atoms with Gasteiger partial charge in [-0.1, -0.05) is 6.08 Å². The molecule has 5 heteroatoms. The molecule has 0 aliphatic carbocycles. The van der Waals surface area contributed by atoms with Crippen molar-refractivity contribution < 1.29 is 4.76 Å². The monoisotopic (exact) mass is 282 g/mol. The number of piperidine rings is 1. The fraction of sp³-hybridized carbons (Fsp3) is 0.455. The van der Waals surface area contributed by atoms with Gasteiger partial charge in [0.05, 0.1) is 16.1 Å². The number of fused-ring (bicyclic) bond motifs is 3. The zero-order valence-corrected chi connectivity index (χ0v) is 10.4. The number of allylic oxidation sites excluding steroid dienone is 2. The van der Waals surface area contributed by atoms with Crippen LogP contribution in [0.2, 0.25) is 0 Å². The van der Waals surface area contributed by atoms with Gasteiger partial charge >= 0.3 is 0 Å². The average Bonchev–Trinajstić information content (AvgIpc) is 2.29. The molecule has 1 N–H and O–H groups in total. The Morgan fingerprint density at radius 3 is 3.31 bits per heavy atom. The molecule has 3 aliphatic rings. The Morgan fingerprint density at radius 1 is 1.56 bits per heavy atom. The second-order valence-corrected chi connectivity index (χ2v) is 5.17. The number of rotatable bonds is 0. The molecule has 3 heterocycles. The molecule has 0 aromatic heterocycles. The van der Waals surface area contributed by atoms with Crippen LogP contribution in [0.25, 0.3) is 0 Å². The Kier molecular flexibility index (Phi) is 2.35. The van der Waals surface area contributed by atoms with Gasteiger partial charge in [-0.25, -0.2) is 0 Å². The van der Waals surface area contributed by atoms with Crippen molar-refractivity contribution in [3.05, 3.63) is 40.6 Å². The largest absolute Gasteiger partial charge is 0.367 e. The lowest BCUT2D eigenvalue weighted by atomic mass is 9.81. The Labute approximate surface area is 103 Å². The number of dihydropyridines is 1. The summed E-state index contributed by atoms with van der Waals surface area (Å²) >= 11 is 3.51. The van der Waals surface area contributed by atoms with Gasteiger partial charge in [0.25, 0.3) is 0 Å². The first kappa shape index (κ1) is 10.1. The Balaban J connectivity index is 1.99. The van der Waals surface area contributed by atoms with E-state index in [4.69, 9.17) is 0 Å². The molecule has 0 aromatic rings. The molecule has 0 spiro atoms.